The quantitative estimate of drug-likeness (QED) is 0.810. The Labute approximate surface area is 131 Å². The number of halogens is 1. The van der Waals surface area contributed by atoms with Gasteiger partial charge in [0.25, 0.3) is 0 Å². The van der Waals surface area contributed by atoms with Crippen molar-refractivity contribution in [2.24, 2.45) is 0 Å². The SMILES string of the molecule is CN(CCS(C)(=O)=O)C(=O)Nc1cc(C(=O)O)ccc1Br. The Kier molecular flexibility index (Phi) is 5.73. The zero-order valence-corrected chi connectivity index (χ0v) is 13.9. The molecule has 0 bridgehead atoms. The molecular formula is C12H15BrN2O5S. The summed E-state index contributed by atoms with van der Waals surface area (Å²) in [5.41, 5.74) is 0.332. The second kappa shape index (κ2) is 6.90. The molecule has 1 rings (SSSR count). The topological polar surface area (TPSA) is 104 Å². The van der Waals surface area contributed by atoms with E-state index in [1.807, 2.05) is 0 Å². The first-order valence-corrected chi connectivity index (χ1v) is 8.68. The Morgan fingerprint density at radius 2 is 2.00 bits per heavy atom. The van der Waals surface area contributed by atoms with Crippen LogP contribution in [-0.4, -0.2) is 56.0 Å². The number of amides is 2. The van der Waals surface area contributed by atoms with Crippen LogP contribution >= 0.6 is 15.9 Å². The van der Waals surface area contributed by atoms with E-state index in [1.165, 1.54) is 30.1 Å². The number of sulfone groups is 1. The molecule has 9 heteroatoms. The van der Waals surface area contributed by atoms with Crippen LogP contribution in [0, 0.1) is 0 Å². The molecule has 0 radical (unpaired) electrons. The normalized spacial score (nSPS) is 11.0. The largest absolute Gasteiger partial charge is 0.478 e. The first-order valence-electron chi connectivity index (χ1n) is 5.83. The second-order valence-corrected chi connectivity index (χ2v) is 7.60. The number of carboxylic acids is 1. The van der Waals surface area contributed by atoms with Crippen molar-refractivity contribution >= 4 is 43.5 Å². The Morgan fingerprint density at radius 3 is 2.52 bits per heavy atom. The van der Waals surface area contributed by atoms with Gasteiger partial charge in [-0.1, -0.05) is 0 Å². The second-order valence-electron chi connectivity index (χ2n) is 4.48. The molecule has 0 saturated carbocycles. The zero-order valence-electron chi connectivity index (χ0n) is 11.5. The number of benzene rings is 1. The maximum Gasteiger partial charge on any atom is 0.335 e. The van der Waals surface area contributed by atoms with E-state index in [-0.39, 0.29) is 17.9 Å². The predicted octanol–water partition coefficient (Wildman–Crippen LogP) is 1.66. The monoisotopic (exact) mass is 378 g/mol. The summed E-state index contributed by atoms with van der Waals surface area (Å²) in [6.07, 6.45) is 1.09. The minimum atomic E-state index is -3.16. The van der Waals surface area contributed by atoms with Crippen molar-refractivity contribution in [3.63, 3.8) is 0 Å². The van der Waals surface area contributed by atoms with Gasteiger partial charge in [-0.2, -0.15) is 0 Å². The molecule has 0 atom stereocenters. The van der Waals surface area contributed by atoms with Crippen LogP contribution in [0.3, 0.4) is 0 Å². The zero-order chi connectivity index (χ0) is 16.2. The smallest absolute Gasteiger partial charge is 0.335 e. The summed E-state index contributed by atoms with van der Waals surface area (Å²) < 4.78 is 22.6. The van der Waals surface area contributed by atoms with Crippen molar-refractivity contribution < 1.29 is 23.1 Å². The summed E-state index contributed by atoms with van der Waals surface area (Å²) in [7, 11) is -1.71. The lowest BCUT2D eigenvalue weighted by molar-refractivity contribution is 0.0697. The lowest BCUT2D eigenvalue weighted by Crippen LogP contribution is -2.35. The molecule has 116 valence electrons. The number of carbonyl (C=O) groups is 2. The molecule has 2 N–H and O–H groups in total. The van der Waals surface area contributed by atoms with E-state index >= 15 is 0 Å². The molecule has 21 heavy (non-hydrogen) atoms. The summed E-state index contributed by atoms with van der Waals surface area (Å²) in [5, 5.41) is 11.4. The fourth-order valence-corrected chi connectivity index (χ4v) is 2.32. The molecule has 0 aliphatic rings. The Bertz CT molecular complexity index is 660. The van der Waals surface area contributed by atoms with Gasteiger partial charge in [-0.25, -0.2) is 18.0 Å². The maximum atomic E-state index is 11.9. The summed E-state index contributed by atoms with van der Waals surface area (Å²) in [5.74, 6) is -1.25. The molecule has 2 amide bonds. The van der Waals surface area contributed by atoms with Gasteiger partial charge in [0, 0.05) is 24.3 Å². The number of urea groups is 1. The van der Waals surface area contributed by atoms with E-state index < -0.39 is 21.8 Å². The molecular weight excluding hydrogens is 364 g/mol. The Hall–Kier alpha value is -1.61. The van der Waals surface area contributed by atoms with Crippen molar-refractivity contribution in [2.45, 2.75) is 0 Å². The molecule has 0 fully saturated rings. The van der Waals surface area contributed by atoms with E-state index in [1.54, 1.807) is 0 Å². The molecule has 0 aliphatic carbocycles. The molecule has 7 nitrogen and oxygen atoms in total. The van der Waals surface area contributed by atoms with Crippen molar-refractivity contribution in [1.29, 1.82) is 0 Å². The maximum absolute atomic E-state index is 11.9. The molecule has 0 spiro atoms. The van der Waals surface area contributed by atoms with Crippen LogP contribution in [0.4, 0.5) is 10.5 Å². The van der Waals surface area contributed by atoms with Crippen LogP contribution in [0.1, 0.15) is 10.4 Å². The first-order chi connectivity index (χ1) is 9.60. The highest BCUT2D eigenvalue weighted by molar-refractivity contribution is 9.10. The summed E-state index contributed by atoms with van der Waals surface area (Å²) >= 11 is 3.21. The van der Waals surface area contributed by atoms with Gasteiger partial charge in [-0.05, 0) is 34.1 Å². The molecule has 0 aliphatic heterocycles. The number of nitrogens with zero attached hydrogens (tertiary/aromatic N) is 1. The number of nitrogens with one attached hydrogen (secondary N) is 1. The molecule has 0 saturated heterocycles. The van der Waals surface area contributed by atoms with Crippen molar-refractivity contribution in [1.82, 2.24) is 4.90 Å². The third kappa shape index (κ3) is 5.72. The fourth-order valence-electron chi connectivity index (χ4n) is 1.37. The van der Waals surface area contributed by atoms with Gasteiger partial charge in [0.1, 0.15) is 9.84 Å². The van der Waals surface area contributed by atoms with Gasteiger partial charge < -0.3 is 15.3 Å². The number of carboxylic acid groups (broad SMARTS) is 1. The number of hydrogen-bond donors (Lipinski definition) is 2. The van der Waals surface area contributed by atoms with Crippen LogP contribution in [0.2, 0.25) is 0 Å². The average Bonchev–Trinajstić information content (AvgIpc) is 2.37. The molecule has 0 unspecified atom stereocenters. The predicted molar refractivity (Wildman–Crippen MR) is 82.5 cm³/mol. The molecule has 0 aromatic heterocycles. The number of hydrogen-bond acceptors (Lipinski definition) is 4. The highest BCUT2D eigenvalue weighted by atomic mass is 79.9. The highest BCUT2D eigenvalue weighted by Crippen LogP contribution is 2.24. The summed E-state index contributed by atoms with van der Waals surface area (Å²) in [6.45, 7) is 0.0426. The van der Waals surface area contributed by atoms with Gasteiger partial charge in [0.2, 0.25) is 0 Å². The van der Waals surface area contributed by atoms with Crippen LogP contribution in [0.5, 0.6) is 0 Å². The lowest BCUT2D eigenvalue weighted by Gasteiger charge is -2.18. The summed E-state index contributed by atoms with van der Waals surface area (Å²) in [6, 6.07) is 3.70. The minimum Gasteiger partial charge on any atom is -0.478 e. The van der Waals surface area contributed by atoms with Gasteiger partial charge in [-0.15, -0.1) is 0 Å². The minimum absolute atomic E-state index is 0.0345. The van der Waals surface area contributed by atoms with Crippen LogP contribution < -0.4 is 5.32 Å². The van der Waals surface area contributed by atoms with E-state index in [9.17, 15) is 18.0 Å². The van der Waals surface area contributed by atoms with Crippen LogP contribution in [-0.2, 0) is 9.84 Å². The van der Waals surface area contributed by atoms with E-state index in [0.29, 0.717) is 10.2 Å². The van der Waals surface area contributed by atoms with Gasteiger partial charge in [0.05, 0.1) is 17.0 Å². The van der Waals surface area contributed by atoms with Crippen molar-refractivity contribution in [3.8, 4) is 0 Å². The van der Waals surface area contributed by atoms with Crippen molar-refractivity contribution in [2.75, 3.05) is 30.9 Å². The standard InChI is InChI=1S/C12H15BrN2O5S/c1-15(5-6-21(2,19)20)12(18)14-10-7-8(11(16)17)3-4-9(10)13/h3-4,7H,5-6H2,1-2H3,(H,14,18)(H,16,17). The fraction of sp³-hybridized carbons (Fsp3) is 0.333. The van der Waals surface area contributed by atoms with Crippen molar-refractivity contribution in [3.05, 3.63) is 28.2 Å². The number of carbonyl (C=O) groups excluding carboxylic acids is 1. The van der Waals surface area contributed by atoms with Gasteiger partial charge in [0.15, 0.2) is 0 Å². The average molecular weight is 379 g/mol. The Morgan fingerprint density at radius 1 is 1.38 bits per heavy atom. The molecule has 1 aromatic carbocycles. The van der Waals surface area contributed by atoms with E-state index in [0.717, 1.165) is 6.26 Å². The number of anilines is 1. The van der Waals surface area contributed by atoms with Crippen LogP contribution in [0.25, 0.3) is 0 Å². The number of rotatable bonds is 5. The lowest BCUT2D eigenvalue weighted by atomic mass is 10.2. The first kappa shape index (κ1) is 17.4. The Balaban J connectivity index is 2.78. The third-order valence-corrected chi connectivity index (χ3v) is 4.21. The number of aromatic carboxylic acids is 1. The molecule has 1 aromatic rings. The summed E-state index contributed by atoms with van der Waals surface area (Å²) in [4.78, 5) is 24.0. The van der Waals surface area contributed by atoms with E-state index in [4.69, 9.17) is 5.11 Å². The molecule has 0 heterocycles. The van der Waals surface area contributed by atoms with Crippen LogP contribution in [0.15, 0.2) is 22.7 Å². The third-order valence-electron chi connectivity index (χ3n) is 2.60. The highest BCUT2D eigenvalue weighted by Gasteiger charge is 2.14. The van der Waals surface area contributed by atoms with E-state index in [2.05, 4.69) is 21.2 Å². The van der Waals surface area contributed by atoms with Gasteiger partial charge in [-0.3, -0.25) is 0 Å². The van der Waals surface area contributed by atoms with Gasteiger partial charge >= 0.3 is 12.0 Å².